The van der Waals surface area contributed by atoms with Crippen molar-refractivity contribution < 1.29 is 13.9 Å². The summed E-state index contributed by atoms with van der Waals surface area (Å²) in [5, 5.41) is 2.02. The summed E-state index contributed by atoms with van der Waals surface area (Å²) >= 11 is 1.49. The van der Waals surface area contributed by atoms with Crippen LogP contribution in [0.4, 0.5) is 4.39 Å². The van der Waals surface area contributed by atoms with Gasteiger partial charge in [-0.05, 0) is 56.9 Å². The van der Waals surface area contributed by atoms with Gasteiger partial charge >= 0.3 is 0 Å². The van der Waals surface area contributed by atoms with E-state index in [1.807, 2.05) is 31.2 Å². The Labute approximate surface area is 163 Å². The Morgan fingerprint density at radius 2 is 1.74 bits per heavy atom. The quantitative estimate of drug-likeness (QED) is 0.425. The molecule has 0 N–H and O–H groups in total. The number of thiophene rings is 1. The van der Waals surface area contributed by atoms with Gasteiger partial charge in [0.1, 0.15) is 12.4 Å². The summed E-state index contributed by atoms with van der Waals surface area (Å²) < 4.78 is 28.4. The number of allylic oxidation sites excluding steroid dienone is 1. The monoisotopic (exact) mass is 384 g/mol. The van der Waals surface area contributed by atoms with Gasteiger partial charge in [0, 0.05) is 21.0 Å². The van der Waals surface area contributed by atoms with Gasteiger partial charge in [0.15, 0.2) is 11.6 Å². The van der Waals surface area contributed by atoms with E-state index in [9.17, 15) is 4.39 Å². The highest BCUT2D eigenvalue weighted by molar-refractivity contribution is 7.26. The van der Waals surface area contributed by atoms with E-state index in [0.717, 1.165) is 33.4 Å². The number of hydrogen-bond donors (Lipinski definition) is 0. The van der Waals surface area contributed by atoms with Gasteiger partial charge < -0.3 is 9.47 Å². The second-order valence-corrected chi connectivity index (χ2v) is 8.28. The zero-order chi connectivity index (χ0) is 18.8. The molecule has 4 rings (SSSR count). The Hall–Kier alpha value is -2.07. The molecule has 1 heterocycles. The fraction of sp³-hybridized carbons (Fsp3) is 0.391. The van der Waals surface area contributed by atoms with Crippen LogP contribution in [0, 0.1) is 18.7 Å². The SMILES string of the molecule is C/C=C/COc1ccc2c(sc3c(C)c(OCC4CCCC4)ccc32)c1F. The maximum absolute atomic E-state index is 14.9. The molecule has 0 saturated heterocycles. The van der Waals surface area contributed by atoms with Crippen LogP contribution in [0.1, 0.15) is 38.2 Å². The molecule has 2 nitrogen and oxygen atoms in total. The van der Waals surface area contributed by atoms with E-state index < -0.39 is 0 Å². The molecule has 4 heteroatoms. The molecular formula is C23H25FO2S. The minimum absolute atomic E-state index is 0.272. The van der Waals surface area contributed by atoms with Gasteiger partial charge in [-0.25, -0.2) is 4.39 Å². The average Bonchev–Trinajstić information content (AvgIpc) is 3.31. The number of aryl methyl sites for hydroxylation is 1. The zero-order valence-corrected chi connectivity index (χ0v) is 16.7. The standard InChI is InChI=1S/C23H25FO2S/c1-3-4-13-25-20-12-10-18-17-9-11-19(26-14-16-7-5-6-8-16)15(2)22(17)27-23(18)21(20)24/h3-4,9-12,16H,5-8,13-14H2,1-2H3/b4-3+. The lowest BCUT2D eigenvalue weighted by molar-refractivity contribution is 0.251. The highest BCUT2D eigenvalue weighted by Crippen LogP contribution is 2.42. The highest BCUT2D eigenvalue weighted by Gasteiger charge is 2.18. The number of halogens is 1. The number of fused-ring (bicyclic) bond motifs is 3. The lowest BCUT2D eigenvalue weighted by atomic mass is 10.1. The van der Waals surface area contributed by atoms with Crippen LogP contribution in [-0.2, 0) is 0 Å². The second-order valence-electron chi connectivity index (χ2n) is 7.26. The first-order chi connectivity index (χ1) is 13.2. The smallest absolute Gasteiger partial charge is 0.182 e. The maximum atomic E-state index is 14.9. The van der Waals surface area contributed by atoms with Crippen LogP contribution in [0.25, 0.3) is 20.2 Å². The Morgan fingerprint density at radius 1 is 1.04 bits per heavy atom. The van der Waals surface area contributed by atoms with E-state index in [4.69, 9.17) is 9.47 Å². The van der Waals surface area contributed by atoms with Crippen LogP contribution in [-0.4, -0.2) is 13.2 Å². The lowest BCUT2D eigenvalue weighted by Gasteiger charge is -2.13. The molecule has 0 spiro atoms. The summed E-state index contributed by atoms with van der Waals surface area (Å²) in [7, 11) is 0. The normalized spacial score (nSPS) is 15.4. The van der Waals surface area contributed by atoms with Gasteiger partial charge in [0.2, 0.25) is 0 Å². The molecule has 0 aliphatic heterocycles. The molecule has 1 fully saturated rings. The topological polar surface area (TPSA) is 18.5 Å². The molecule has 142 valence electrons. The molecule has 0 unspecified atom stereocenters. The van der Waals surface area contributed by atoms with E-state index in [1.165, 1.54) is 37.0 Å². The highest BCUT2D eigenvalue weighted by atomic mass is 32.1. The van der Waals surface area contributed by atoms with E-state index >= 15 is 0 Å². The fourth-order valence-corrected chi connectivity index (χ4v) is 5.08. The Bertz CT molecular complexity index is 983. The molecule has 1 aromatic heterocycles. The van der Waals surface area contributed by atoms with E-state index in [0.29, 0.717) is 23.0 Å². The minimum atomic E-state index is -0.272. The summed E-state index contributed by atoms with van der Waals surface area (Å²) in [4.78, 5) is 0. The zero-order valence-electron chi connectivity index (χ0n) is 15.9. The Kier molecular flexibility index (Phi) is 5.35. The van der Waals surface area contributed by atoms with Crippen molar-refractivity contribution >= 4 is 31.5 Å². The molecule has 0 radical (unpaired) electrons. The molecule has 1 saturated carbocycles. The maximum Gasteiger partial charge on any atom is 0.182 e. The van der Waals surface area contributed by atoms with Crippen molar-refractivity contribution in [1.29, 1.82) is 0 Å². The molecular weight excluding hydrogens is 359 g/mol. The van der Waals surface area contributed by atoms with Crippen LogP contribution in [0.15, 0.2) is 36.4 Å². The molecule has 0 amide bonds. The van der Waals surface area contributed by atoms with Crippen molar-refractivity contribution in [2.45, 2.75) is 39.5 Å². The number of hydrogen-bond acceptors (Lipinski definition) is 3. The summed E-state index contributed by atoms with van der Waals surface area (Å²) in [5.41, 5.74) is 1.10. The first-order valence-corrected chi connectivity index (χ1v) is 10.5. The average molecular weight is 385 g/mol. The lowest BCUT2D eigenvalue weighted by Crippen LogP contribution is -2.08. The molecule has 2 aromatic carbocycles. The van der Waals surface area contributed by atoms with E-state index in [-0.39, 0.29) is 5.82 Å². The molecule has 0 atom stereocenters. The number of ether oxygens (including phenoxy) is 2. The van der Waals surface area contributed by atoms with E-state index in [2.05, 4.69) is 13.0 Å². The van der Waals surface area contributed by atoms with Gasteiger partial charge in [-0.3, -0.25) is 0 Å². The van der Waals surface area contributed by atoms with Crippen molar-refractivity contribution in [2.75, 3.05) is 13.2 Å². The van der Waals surface area contributed by atoms with Gasteiger partial charge in [-0.1, -0.05) is 25.0 Å². The number of benzene rings is 2. The fourth-order valence-electron chi connectivity index (χ4n) is 3.86. The molecule has 3 aromatic rings. The van der Waals surface area contributed by atoms with Gasteiger partial charge in [-0.15, -0.1) is 11.3 Å². The van der Waals surface area contributed by atoms with Crippen LogP contribution in [0.2, 0.25) is 0 Å². The van der Waals surface area contributed by atoms with E-state index in [1.54, 1.807) is 6.07 Å². The molecule has 1 aliphatic carbocycles. The molecule has 1 aliphatic rings. The molecule has 0 bridgehead atoms. The summed E-state index contributed by atoms with van der Waals surface area (Å²) in [6.07, 6.45) is 8.94. The third kappa shape index (κ3) is 3.55. The van der Waals surface area contributed by atoms with Crippen molar-refractivity contribution in [2.24, 2.45) is 5.92 Å². The summed E-state index contributed by atoms with van der Waals surface area (Å²) in [6, 6.07) is 7.78. The van der Waals surface area contributed by atoms with Gasteiger partial charge in [0.05, 0.1) is 11.3 Å². The van der Waals surface area contributed by atoms with Crippen LogP contribution in [0.5, 0.6) is 11.5 Å². The predicted molar refractivity (Wildman–Crippen MR) is 112 cm³/mol. The Balaban J connectivity index is 1.67. The van der Waals surface area contributed by atoms with Crippen LogP contribution >= 0.6 is 11.3 Å². The van der Waals surface area contributed by atoms with Crippen LogP contribution < -0.4 is 9.47 Å². The van der Waals surface area contributed by atoms with Crippen molar-refractivity contribution in [3.8, 4) is 11.5 Å². The summed E-state index contributed by atoms with van der Waals surface area (Å²) in [6.45, 7) is 5.16. The van der Waals surface area contributed by atoms with Crippen molar-refractivity contribution in [3.05, 3.63) is 47.8 Å². The summed E-state index contributed by atoms with van der Waals surface area (Å²) in [5.74, 6) is 1.64. The predicted octanol–water partition coefficient (Wildman–Crippen LogP) is 7.03. The van der Waals surface area contributed by atoms with Gasteiger partial charge in [0.25, 0.3) is 0 Å². The third-order valence-corrected chi connectivity index (χ3v) is 6.77. The largest absolute Gasteiger partial charge is 0.493 e. The minimum Gasteiger partial charge on any atom is -0.493 e. The first-order valence-electron chi connectivity index (χ1n) is 9.70. The second kappa shape index (κ2) is 7.89. The first kappa shape index (κ1) is 18.3. The van der Waals surface area contributed by atoms with Crippen LogP contribution in [0.3, 0.4) is 0 Å². The van der Waals surface area contributed by atoms with Crippen molar-refractivity contribution in [3.63, 3.8) is 0 Å². The van der Waals surface area contributed by atoms with Gasteiger partial charge in [-0.2, -0.15) is 0 Å². The number of rotatable bonds is 6. The molecule has 27 heavy (non-hydrogen) atoms. The van der Waals surface area contributed by atoms with Crippen molar-refractivity contribution in [1.82, 2.24) is 0 Å². The third-order valence-electron chi connectivity index (χ3n) is 5.43. The Morgan fingerprint density at radius 3 is 2.48 bits per heavy atom.